The number of fused-ring (bicyclic) bond motifs is 1. The summed E-state index contributed by atoms with van der Waals surface area (Å²) in [5.41, 5.74) is 11.1. The predicted octanol–water partition coefficient (Wildman–Crippen LogP) is -3.91. The smallest absolute Gasteiger partial charge is 0.478 e. The third kappa shape index (κ3) is 9.61. The van der Waals surface area contributed by atoms with Gasteiger partial charge in [0.1, 0.15) is 47.9 Å². The van der Waals surface area contributed by atoms with E-state index in [0.29, 0.717) is 0 Å². The standard InChI is InChI=1S/C21H28N7O17P3.K/c22-17-12-19(25-7-24-17)28(8-26-12)21-16(44-46(33,34)35)14(30)11(43-21)6-41-48(38,39)45-47(36,37)40-5-10-13(29)15(31)20(42-10)27-3-1-2-9(4-27)18(23)32;/h1-4,7-8,10-11,13-16,20-21,29-31H,5-6H2,(H7-,22,23,24,25,32,33,34,35,36,37,38,39);/t10-,11-,13+,14+,15-,16-,20-,21-;/m1./s1. The molecule has 2 aliphatic heterocycles. The van der Waals surface area contributed by atoms with Gasteiger partial charge in [0.05, 0.1) is 19.5 Å². The van der Waals surface area contributed by atoms with Gasteiger partial charge in [-0.1, -0.05) is 0 Å². The minimum absolute atomic E-state index is 0. The second-order valence-corrected chi connectivity index (χ2v) is 14.4. The number of imidazole rings is 1. The number of anilines is 1. The van der Waals surface area contributed by atoms with Gasteiger partial charge in [-0.2, -0.15) is 4.57 Å². The first-order chi connectivity index (χ1) is 22.4. The predicted molar refractivity (Wildman–Crippen MR) is 154 cm³/mol. The minimum atomic E-state index is -5.72. The maximum Gasteiger partial charge on any atom is 0.478 e. The summed E-state index contributed by atoms with van der Waals surface area (Å²) < 4.78 is 67.9. The summed E-state index contributed by atoms with van der Waals surface area (Å²) in [7, 11) is -16.6. The van der Waals surface area contributed by atoms with Crippen molar-refractivity contribution in [2.45, 2.75) is 49.1 Å². The van der Waals surface area contributed by atoms with Gasteiger partial charge < -0.3 is 60.4 Å². The van der Waals surface area contributed by atoms with Crippen molar-refractivity contribution >= 4 is 97.7 Å². The number of rotatable bonds is 13. The number of nitrogens with two attached hydrogens (primary N) is 2. The number of carbonyl (C=O) groups is 1. The number of hydrogen-bond donors (Lipinski definition) is 8. The van der Waals surface area contributed by atoms with Gasteiger partial charge >= 0.3 is 15.6 Å². The van der Waals surface area contributed by atoms with Crippen LogP contribution in [-0.4, -0.2) is 157 Å². The second kappa shape index (κ2) is 15.8. The van der Waals surface area contributed by atoms with Crippen molar-refractivity contribution in [3.8, 4) is 0 Å². The van der Waals surface area contributed by atoms with Gasteiger partial charge in [0, 0.05) is 57.5 Å². The fourth-order valence-corrected chi connectivity index (χ4v) is 7.42. The molecule has 24 nitrogen and oxygen atoms in total. The largest absolute Gasteiger partial charge is 0.756 e. The molecule has 10 N–H and O–H groups in total. The van der Waals surface area contributed by atoms with Crippen molar-refractivity contribution in [3.05, 3.63) is 42.7 Å². The number of hydrogen-bond acceptors (Lipinski definition) is 18. The van der Waals surface area contributed by atoms with E-state index in [0.717, 1.165) is 17.2 Å². The van der Waals surface area contributed by atoms with E-state index in [-0.39, 0.29) is 73.9 Å². The molecule has 3 aromatic heterocycles. The quantitative estimate of drug-likeness (QED) is 0.0466. The van der Waals surface area contributed by atoms with Crippen LogP contribution in [0.1, 0.15) is 22.8 Å². The van der Waals surface area contributed by atoms with Gasteiger partial charge in [-0.3, -0.25) is 23.0 Å². The van der Waals surface area contributed by atoms with Crippen molar-refractivity contribution in [2.24, 2.45) is 5.73 Å². The maximum absolute atomic E-state index is 12.5. The molecule has 0 bridgehead atoms. The van der Waals surface area contributed by atoms with Crippen LogP contribution in [0.5, 0.6) is 0 Å². The number of amides is 1. The van der Waals surface area contributed by atoms with Gasteiger partial charge in [-0.25, -0.2) is 28.4 Å². The Bertz CT molecular complexity index is 1820. The Hall–Kier alpha value is -1.22. The zero-order valence-corrected chi connectivity index (χ0v) is 30.7. The minimum Gasteiger partial charge on any atom is -0.756 e. The fraction of sp³-hybridized carbons (Fsp3) is 0.476. The number of aromatic nitrogens is 5. The van der Waals surface area contributed by atoms with Gasteiger partial charge in [0.15, 0.2) is 36.2 Å². The van der Waals surface area contributed by atoms with Crippen LogP contribution in [0, 0.1) is 0 Å². The number of aliphatic hydroxyl groups excluding tert-OH is 3. The molecule has 3 aromatic rings. The number of ether oxygens (including phenoxy) is 2. The van der Waals surface area contributed by atoms with Crippen LogP contribution < -0.4 is 20.9 Å². The Balaban J connectivity index is 0.00000541. The van der Waals surface area contributed by atoms with Crippen LogP contribution in [0.2, 0.25) is 0 Å². The number of primary amides is 1. The number of phosphoric ester groups is 3. The first kappa shape index (κ1) is 40.5. The summed E-state index contributed by atoms with van der Waals surface area (Å²) in [6.07, 6.45) is -8.59. The average Bonchev–Trinajstić information content (AvgIpc) is 3.64. The molecule has 5 rings (SSSR count). The molecule has 10 atom stereocenters. The van der Waals surface area contributed by atoms with E-state index in [9.17, 15) is 53.4 Å². The Morgan fingerprint density at radius 2 is 1.69 bits per heavy atom. The number of aliphatic hydroxyl groups is 3. The molecule has 0 aromatic carbocycles. The molecule has 49 heavy (non-hydrogen) atoms. The van der Waals surface area contributed by atoms with Crippen molar-refractivity contribution in [1.29, 1.82) is 0 Å². The summed E-state index contributed by atoms with van der Waals surface area (Å²) in [5, 5.41) is 31.5. The fourth-order valence-electron chi connectivity index (χ4n) is 4.82. The van der Waals surface area contributed by atoms with Crippen LogP contribution >= 0.6 is 23.5 Å². The second-order valence-electron chi connectivity index (χ2n) is 10.2. The van der Waals surface area contributed by atoms with E-state index < -0.39 is 91.7 Å². The third-order valence-corrected chi connectivity index (χ3v) is 10.1. The molecular formula is C21H28KN7O17P3. The maximum atomic E-state index is 12.5. The molecule has 5 heterocycles. The SMILES string of the molecule is NC(=O)c1ccc[n+]([C@@H]2O[C@H](COP(=O)([O-])OP(=O)(O)OC[C@H]3O[C@@H](n4cnc5c(N)ncnc54)[C@H](OP(=O)(O)O)[C@H]3O)[C@H](O)[C@H]2O)c1.[K]. The van der Waals surface area contributed by atoms with Gasteiger partial charge in [0.25, 0.3) is 20.0 Å². The summed E-state index contributed by atoms with van der Waals surface area (Å²) in [6.45, 7) is -2.12. The Kier molecular flexibility index (Phi) is 13.1. The normalized spacial score (nSPS) is 29.7. The van der Waals surface area contributed by atoms with Gasteiger partial charge in [-0.05, 0) is 6.07 Å². The number of phosphoric acid groups is 3. The molecule has 1 radical (unpaired) electrons. The number of carbonyl (C=O) groups excluding carboxylic acids is 1. The van der Waals surface area contributed by atoms with Gasteiger partial charge in [0.2, 0.25) is 0 Å². The van der Waals surface area contributed by atoms with E-state index in [1.165, 1.54) is 29.1 Å². The van der Waals surface area contributed by atoms with Crippen LogP contribution in [0.4, 0.5) is 5.82 Å². The zero-order valence-electron chi connectivity index (χ0n) is 24.9. The summed E-state index contributed by atoms with van der Waals surface area (Å²) in [6, 6.07) is 2.77. The molecular weight excluding hydrogens is 754 g/mol. The van der Waals surface area contributed by atoms with Crippen LogP contribution in [0.25, 0.3) is 11.2 Å². The van der Waals surface area contributed by atoms with Crippen LogP contribution in [0.3, 0.4) is 0 Å². The van der Waals surface area contributed by atoms with E-state index in [4.69, 9.17) is 20.9 Å². The molecule has 0 spiro atoms. The molecule has 2 fully saturated rings. The summed E-state index contributed by atoms with van der Waals surface area (Å²) >= 11 is 0. The topological polar surface area (TPSA) is 368 Å². The van der Waals surface area contributed by atoms with Crippen molar-refractivity contribution < 1.29 is 85.3 Å². The molecule has 0 aliphatic carbocycles. The van der Waals surface area contributed by atoms with Gasteiger partial charge in [-0.15, -0.1) is 0 Å². The van der Waals surface area contributed by atoms with E-state index >= 15 is 0 Å². The van der Waals surface area contributed by atoms with Crippen molar-refractivity contribution in [3.63, 3.8) is 0 Å². The molecule has 2 unspecified atom stereocenters. The zero-order chi connectivity index (χ0) is 35.2. The summed E-state index contributed by atoms with van der Waals surface area (Å²) in [5.74, 6) is -0.862. The number of nitrogens with zero attached hydrogens (tertiary/aromatic N) is 5. The number of nitrogen functional groups attached to an aromatic ring is 1. The Morgan fingerprint density at radius 1 is 1.02 bits per heavy atom. The molecule has 28 heteroatoms. The Morgan fingerprint density at radius 3 is 2.37 bits per heavy atom. The van der Waals surface area contributed by atoms with Crippen LogP contribution in [-0.2, 0) is 41.1 Å². The summed E-state index contributed by atoms with van der Waals surface area (Å²) in [4.78, 5) is 64.4. The molecule has 2 saturated heterocycles. The van der Waals surface area contributed by atoms with E-state index in [1.54, 1.807) is 0 Å². The first-order valence-corrected chi connectivity index (χ1v) is 17.8. The average molecular weight is 783 g/mol. The van der Waals surface area contributed by atoms with Crippen molar-refractivity contribution in [2.75, 3.05) is 18.9 Å². The monoisotopic (exact) mass is 782 g/mol. The first-order valence-electron chi connectivity index (χ1n) is 13.3. The third-order valence-electron chi connectivity index (χ3n) is 6.97. The number of pyridine rings is 1. The van der Waals surface area contributed by atoms with Crippen molar-refractivity contribution in [1.82, 2.24) is 19.5 Å². The van der Waals surface area contributed by atoms with Crippen LogP contribution in [0.15, 0.2) is 37.2 Å². The van der Waals surface area contributed by atoms with E-state index in [2.05, 4.69) is 32.8 Å². The van der Waals surface area contributed by atoms with E-state index in [1.807, 2.05) is 0 Å². The molecule has 0 saturated carbocycles. The molecule has 265 valence electrons. The molecule has 2 aliphatic rings. The molecule has 1 amide bonds. The Labute approximate surface area is 316 Å².